The quantitative estimate of drug-likeness (QED) is 0.833. The molecule has 0 spiro atoms. The number of rotatable bonds is 4. The molecule has 1 aromatic carbocycles. The van der Waals surface area contributed by atoms with Gasteiger partial charge in [0.1, 0.15) is 6.04 Å². The maximum absolute atomic E-state index is 12.5. The van der Waals surface area contributed by atoms with Crippen molar-refractivity contribution in [1.82, 2.24) is 4.90 Å². The van der Waals surface area contributed by atoms with Crippen LogP contribution in [0.1, 0.15) is 27.2 Å². The summed E-state index contributed by atoms with van der Waals surface area (Å²) in [7, 11) is 0. The van der Waals surface area contributed by atoms with Crippen LogP contribution in [0.5, 0.6) is 0 Å². The second kappa shape index (κ2) is 5.87. The lowest BCUT2D eigenvalue weighted by atomic mass is 10.2. The lowest BCUT2D eigenvalue weighted by molar-refractivity contribution is -0.118. The first-order valence-electron chi connectivity index (χ1n) is 6.94. The van der Waals surface area contributed by atoms with Crippen LogP contribution in [0.2, 0.25) is 0 Å². The van der Waals surface area contributed by atoms with Gasteiger partial charge in [-0.3, -0.25) is 4.79 Å². The van der Waals surface area contributed by atoms with E-state index in [4.69, 9.17) is 0 Å². The summed E-state index contributed by atoms with van der Waals surface area (Å²) in [6.45, 7) is 7.86. The molecule has 1 aromatic rings. The molecule has 4 nitrogen and oxygen atoms in total. The minimum atomic E-state index is -0.240. The Morgan fingerprint density at radius 1 is 1.16 bits per heavy atom. The maximum atomic E-state index is 12.5. The molecule has 1 aliphatic rings. The van der Waals surface area contributed by atoms with Crippen LogP contribution < -0.4 is 4.90 Å². The van der Waals surface area contributed by atoms with Crippen LogP contribution in [-0.2, 0) is 4.79 Å². The van der Waals surface area contributed by atoms with Crippen LogP contribution in [0.25, 0.3) is 0 Å². The summed E-state index contributed by atoms with van der Waals surface area (Å²) in [6, 6.07) is 9.51. The standard InChI is InChI=1S/C15H21N3O/c1-4-13-14(19)18(12-10-8-7-9-11-12)15(16-13)17(5-2)6-3/h7-11,13H,4-6H2,1-3H3. The van der Waals surface area contributed by atoms with E-state index in [-0.39, 0.29) is 11.9 Å². The second-order valence-electron chi connectivity index (χ2n) is 4.53. The van der Waals surface area contributed by atoms with Gasteiger partial charge in [-0.1, -0.05) is 25.1 Å². The molecule has 4 heteroatoms. The molecule has 2 rings (SSSR count). The molecule has 0 fully saturated rings. The van der Waals surface area contributed by atoms with Crippen molar-refractivity contribution in [3.05, 3.63) is 30.3 Å². The Balaban J connectivity index is 2.39. The summed E-state index contributed by atoms with van der Waals surface area (Å²) in [4.78, 5) is 21.0. The molecule has 0 aromatic heterocycles. The first-order valence-corrected chi connectivity index (χ1v) is 6.94. The van der Waals surface area contributed by atoms with E-state index in [1.54, 1.807) is 4.90 Å². The van der Waals surface area contributed by atoms with E-state index in [9.17, 15) is 4.79 Å². The number of nitrogens with zero attached hydrogens (tertiary/aromatic N) is 3. The highest BCUT2D eigenvalue weighted by Gasteiger charge is 2.36. The summed E-state index contributed by atoms with van der Waals surface area (Å²) in [5.74, 6) is 0.864. The van der Waals surface area contributed by atoms with E-state index in [1.165, 1.54) is 0 Å². The molecular weight excluding hydrogens is 238 g/mol. The van der Waals surface area contributed by atoms with Gasteiger partial charge in [0.15, 0.2) is 0 Å². The molecule has 0 aliphatic carbocycles. The van der Waals surface area contributed by atoms with Gasteiger partial charge in [0.05, 0.1) is 5.69 Å². The van der Waals surface area contributed by atoms with E-state index in [0.29, 0.717) is 0 Å². The fraction of sp³-hybridized carbons (Fsp3) is 0.467. The Bertz CT molecular complexity index is 466. The van der Waals surface area contributed by atoms with Gasteiger partial charge in [0.2, 0.25) is 5.96 Å². The third-order valence-electron chi connectivity index (χ3n) is 3.42. The predicted molar refractivity (Wildman–Crippen MR) is 78.4 cm³/mol. The van der Waals surface area contributed by atoms with Crippen molar-refractivity contribution >= 4 is 17.6 Å². The van der Waals surface area contributed by atoms with E-state index < -0.39 is 0 Å². The van der Waals surface area contributed by atoms with Crippen molar-refractivity contribution in [3.63, 3.8) is 0 Å². The number of hydrogen-bond donors (Lipinski definition) is 0. The van der Waals surface area contributed by atoms with Gasteiger partial charge in [0, 0.05) is 13.1 Å². The maximum Gasteiger partial charge on any atom is 0.258 e. The van der Waals surface area contributed by atoms with Crippen LogP contribution in [0.4, 0.5) is 5.69 Å². The number of anilines is 1. The lowest BCUT2D eigenvalue weighted by Crippen LogP contribution is -2.44. The highest BCUT2D eigenvalue weighted by atomic mass is 16.2. The van der Waals surface area contributed by atoms with Gasteiger partial charge in [-0.15, -0.1) is 0 Å². The number of carbonyl (C=O) groups is 1. The minimum absolute atomic E-state index is 0.0793. The molecule has 1 aliphatic heterocycles. The van der Waals surface area contributed by atoms with Crippen molar-refractivity contribution in [1.29, 1.82) is 0 Å². The SMILES string of the molecule is CCC1N=C(N(CC)CC)N(c2ccccc2)C1=O. The van der Waals surface area contributed by atoms with Crippen molar-refractivity contribution in [2.24, 2.45) is 4.99 Å². The molecule has 0 bridgehead atoms. The van der Waals surface area contributed by atoms with Crippen LogP contribution in [0.15, 0.2) is 35.3 Å². The molecular formula is C15H21N3O. The Morgan fingerprint density at radius 3 is 2.32 bits per heavy atom. The number of amides is 1. The molecule has 1 unspecified atom stereocenters. The van der Waals surface area contributed by atoms with E-state index >= 15 is 0 Å². The molecule has 1 atom stereocenters. The zero-order valence-corrected chi connectivity index (χ0v) is 11.8. The van der Waals surface area contributed by atoms with Crippen molar-refractivity contribution < 1.29 is 4.79 Å². The van der Waals surface area contributed by atoms with Gasteiger partial charge >= 0.3 is 0 Å². The molecule has 0 N–H and O–H groups in total. The van der Waals surface area contributed by atoms with Crippen molar-refractivity contribution in [2.75, 3.05) is 18.0 Å². The third-order valence-corrected chi connectivity index (χ3v) is 3.42. The molecule has 1 heterocycles. The zero-order valence-electron chi connectivity index (χ0n) is 11.8. The monoisotopic (exact) mass is 259 g/mol. The summed E-state index contributed by atoms with van der Waals surface area (Å²) < 4.78 is 0. The first kappa shape index (κ1) is 13.6. The molecule has 19 heavy (non-hydrogen) atoms. The summed E-state index contributed by atoms with van der Waals surface area (Å²) in [5, 5.41) is 0. The Hall–Kier alpha value is -1.84. The van der Waals surface area contributed by atoms with Gasteiger partial charge in [0.25, 0.3) is 5.91 Å². The topological polar surface area (TPSA) is 35.9 Å². The summed E-state index contributed by atoms with van der Waals surface area (Å²) in [6.07, 6.45) is 0.743. The molecule has 1 amide bonds. The second-order valence-corrected chi connectivity index (χ2v) is 4.53. The third kappa shape index (κ3) is 2.48. The summed E-state index contributed by atoms with van der Waals surface area (Å²) >= 11 is 0. The first-order chi connectivity index (χ1) is 9.22. The molecule has 0 radical (unpaired) electrons. The molecule has 102 valence electrons. The Morgan fingerprint density at radius 2 is 1.79 bits per heavy atom. The van der Waals surface area contributed by atoms with Gasteiger partial charge in [-0.2, -0.15) is 0 Å². The number of hydrogen-bond acceptors (Lipinski definition) is 3. The molecule has 0 saturated heterocycles. The highest BCUT2D eigenvalue weighted by molar-refractivity contribution is 6.21. The average molecular weight is 259 g/mol. The van der Waals surface area contributed by atoms with Crippen LogP contribution in [-0.4, -0.2) is 35.9 Å². The van der Waals surface area contributed by atoms with Crippen LogP contribution in [0, 0.1) is 0 Å². The Labute approximate surface area is 114 Å². The van der Waals surface area contributed by atoms with Crippen LogP contribution >= 0.6 is 0 Å². The van der Waals surface area contributed by atoms with E-state index in [0.717, 1.165) is 31.2 Å². The summed E-state index contributed by atoms with van der Waals surface area (Å²) in [5.41, 5.74) is 0.897. The average Bonchev–Trinajstić information content (AvgIpc) is 2.78. The fourth-order valence-corrected chi connectivity index (χ4v) is 2.32. The van der Waals surface area contributed by atoms with Gasteiger partial charge in [-0.25, -0.2) is 9.89 Å². The number of guanidine groups is 1. The van der Waals surface area contributed by atoms with Gasteiger partial charge in [-0.05, 0) is 32.4 Å². The fourth-order valence-electron chi connectivity index (χ4n) is 2.32. The highest BCUT2D eigenvalue weighted by Crippen LogP contribution is 2.24. The zero-order chi connectivity index (χ0) is 13.8. The van der Waals surface area contributed by atoms with E-state index in [2.05, 4.69) is 23.7 Å². The Kier molecular flexibility index (Phi) is 4.20. The predicted octanol–water partition coefficient (Wildman–Crippen LogP) is 2.51. The van der Waals surface area contributed by atoms with Gasteiger partial charge < -0.3 is 4.90 Å². The van der Waals surface area contributed by atoms with Crippen molar-refractivity contribution in [2.45, 2.75) is 33.2 Å². The lowest BCUT2D eigenvalue weighted by Gasteiger charge is -2.27. The largest absolute Gasteiger partial charge is 0.343 e. The normalized spacial score (nSPS) is 18.7. The smallest absolute Gasteiger partial charge is 0.258 e. The minimum Gasteiger partial charge on any atom is -0.343 e. The number of aliphatic imine (C=N–C) groups is 1. The number of carbonyl (C=O) groups excluding carboxylic acids is 1. The van der Waals surface area contributed by atoms with Crippen molar-refractivity contribution in [3.8, 4) is 0 Å². The number of benzene rings is 1. The van der Waals surface area contributed by atoms with E-state index in [1.807, 2.05) is 37.3 Å². The number of para-hydroxylation sites is 1. The molecule has 0 saturated carbocycles. The van der Waals surface area contributed by atoms with Crippen LogP contribution in [0.3, 0.4) is 0 Å².